The Kier molecular flexibility index (Phi) is 6.27. The van der Waals surface area contributed by atoms with E-state index in [1.807, 2.05) is 20.8 Å². The SMILES string of the molecule is CN=C(NCC(=O)NC(C)(C)C)NC1CCN(C2CCCC2)C1. The molecule has 6 heteroatoms. The van der Waals surface area contributed by atoms with Crippen LogP contribution < -0.4 is 16.0 Å². The van der Waals surface area contributed by atoms with Crippen LogP contribution in [0.1, 0.15) is 52.9 Å². The molecule has 1 saturated heterocycles. The molecular weight excluding hydrogens is 290 g/mol. The summed E-state index contributed by atoms with van der Waals surface area (Å²) in [5.41, 5.74) is -0.205. The molecule has 1 saturated carbocycles. The van der Waals surface area contributed by atoms with Crippen molar-refractivity contribution in [1.29, 1.82) is 0 Å². The van der Waals surface area contributed by atoms with Crippen molar-refractivity contribution in [1.82, 2.24) is 20.9 Å². The van der Waals surface area contributed by atoms with E-state index >= 15 is 0 Å². The highest BCUT2D eigenvalue weighted by molar-refractivity contribution is 5.86. The highest BCUT2D eigenvalue weighted by Crippen LogP contribution is 2.26. The van der Waals surface area contributed by atoms with E-state index in [4.69, 9.17) is 0 Å². The fourth-order valence-electron chi connectivity index (χ4n) is 3.52. The minimum atomic E-state index is -0.205. The summed E-state index contributed by atoms with van der Waals surface area (Å²) in [6.07, 6.45) is 6.61. The third-order valence-corrected chi connectivity index (χ3v) is 4.56. The third kappa shape index (κ3) is 6.01. The molecule has 1 aliphatic heterocycles. The predicted octanol–water partition coefficient (Wildman–Crippen LogP) is 1.08. The number of likely N-dealkylation sites (tertiary alicyclic amines) is 1. The molecule has 1 atom stereocenters. The van der Waals surface area contributed by atoms with Crippen LogP contribution in [-0.2, 0) is 4.79 Å². The number of hydrogen-bond acceptors (Lipinski definition) is 3. The minimum absolute atomic E-state index is 0.0144. The summed E-state index contributed by atoms with van der Waals surface area (Å²) >= 11 is 0. The molecule has 0 aromatic heterocycles. The summed E-state index contributed by atoms with van der Waals surface area (Å²) in [6.45, 7) is 8.44. The molecule has 3 N–H and O–H groups in total. The van der Waals surface area contributed by atoms with Gasteiger partial charge in [0.2, 0.25) is 5.91 Å². The minimum Gasteiger partial charge on any atom is -0.352 e. The molecular formula is C17H33N5O. The van der Waals surface area contributed by atoms with E-state index in [9.17, 15) is 4.79 Å². The Morgan fingerprint density at radius 2 is 1.91 bits per heavy atom. The standard InChI is InChI=1S/C17H33N5O/c1-17(2,3)21-15(23)11-19-16(18-4)20-13-9-10-22(12-13)14-7-5-6-8-14/h13-14H,5-12H2,1-4H3,(H,21,23)(H2,18,19,20). The van der Waals surface area contributed by atoms with Gasteiger partial charge < -0.3 is 16.0 Å². The maximum atomic E-state index is 11.9. The monoisotopic (exact) mass is 323 g/mol. The van der Waals surface area contributed by atoms with Crippen LogP contribution in [0.2, 0.25) is 0 Å². The van der Waals surface area contributed by atoms with E-state index in [1.165, 1.54) is 32.2 Å². The summed E-state index contributed by atoms with van der Waals surface area (Å²) in [7, 11) is 1.75. The van der Waals surface area contributed by atoms with Crippen molar-refractivity contribution in [2.45, 2.75) is 70.5 Å². The van der Waals surface area contributed by atoms with Gasteiger partial charge in [-0.15, -0.1) is 0 Å². The number of rotatable bonds is 4. The average Bonchev–Trinajstić information content (AvgIpc) is 3.12. The number of amides is 1. The first kappa shape index (κ1) is 18.0. The summed E-state index contributed by atoms with van der Waals surface area (Å²) in [5.74, 6) is 0.701. The first-order chi connectivity index (χ1) is 10.9. The largest absolute Gasteiger partial charge is 0.352 e. The first-order valence-corrected chi connectivity index (χ1v) is 8.89. The van der Waals surface area contributed by atoms with Crippen LogP contribution in [0.25, 0.3) is 0 Å². The maximum absolute atomic E-state index is 11.9. The van der Waals surface area contributed by atoms with Crippen LogP contribution in [0.3, 0.4) is 0 Å². The zero-order chi connectivity index (χ0) is 16.9. The Labute approximate surface area is 140 Å². The van der Waals surface area contributed by atoms with Crippen molar-refractivity contribution in [3.05, 3.63) is 0 Å². The Bertz CT molecular complexity index is 423. The van der Waals surface area contributed by atoms with Gasteiger partial charge in [-0.2, -0.15) is 0 Å². The van der Waals surface area contributed by atoms with Crippen molar-refractivity contribution in [2.75, 3.05) is 26.7 Å². The Morgan fingerprint density at radius 3 is 2.52 bits per heavy atom. The van der Waals surface area contributed by atoms with E-state index in [2.05, 4.69) is 25.8 Å². The lowest BCUT2D eigenvalue weighted by Gasteiger charge is -2.24. The van der Waals surface area contributed by atoms with Crippen molar-refractivity contribution < 1.29 is 4.79 Å². The van der Waals surface area contributed by atoms with Gasteiger partial charge in [-0.25, -0.2) is 0 Å². The summed E-state index contributed by atoms with van der Waals surface area (Å²) in [5, 5.41) is 9.51. The Balaban J connectivity index is 1.72. The fourth-order valence-corrected chi connectivity index (χ4v) is 3.52. The lowest BCUT2D eigenvalue weighted by Crippen LogP contribution is -2.50. The third-order valence-electron chi connectivity index (χ3n) is 4.56. The molecule has 1 unspecified atom stereocenters. The van der Waals surface area contributed by atoms with Gasteiger partial charge in [-0.05, 0) is 40.0 Å². The van der Waals surface area contributed by atoms with Crippen molar-refractivity contribution in [3.8, 4) is 0 Å². The van der Waals surface area contributed by atoms with Gasteiger partial charge in [0, 0.05) is 37.8 Å². The molecule has 2 aliphatic rings. The van der Waals surface area contributed by atoms with Gasteiger partial charge in [0.05, 0.1) is 6.54 Å². The van der Waals surface area contributed by atoms with Gasteiger partial charge in [0.25, 0.3) is 0 Å². The van der Waals surface area contributed by atoms with E-state index in [1.54, 1.807) is 7.05 Å². The molecule has 1 amide bonds. The topological polar surface area (TPSA) is 68.8 Å². The van der Waals surface area contributed by atoms with Crippen molar-refractivity contribution in [2.24, 2.45) is 4.99 Å². The molecule has 0 spiro atoms. The van der Waals surface area contributed by atoms with E-state index in [0.29, 0.717) is 12.0 Å². The number of guanidine groups is 1. The fraction of sp³-hybridized carbons (Fsp3) is 0.882. The second-order valence-corrected chi connectivity index (χ2v) is 7.79. The Morgan fingerprint density at radius 1 is 1.22 bits per heavy atom. The van der Waals surface area contributed by atoms with Crippen LogP contribution in [0.4, 0.5) is 0 Å². The number of aliphatic imine (C=N–C) groups is 1. The lowest BCUT2D eigenvalue weighted by atomic mass is 10.1. The van der Waals surface area contributed by atoms with Gasteiger partial charge in [0.1, 0.15) is 0 Å². The summed E-state index contributed by atoms with van der Waals surface area (Å²) < 4.78 is 0. The molecule has 1 heterocycles. The molecule has 1 aliphatic carbocycles. The number of hydrogen-bond donors (Lipinski definition) is 3. The smallest absolute Gasteiger partial charge is 0.239 e. The van der Waals surface area contributed by atoms with Gasteiger partial charge >= 0.3 is 0 Å². The molecule has 6 nitrogen and oxygen atoms in total. The van der Waals surface area contributed by atoms with E-state index in [-0.39, 0.29) is 18.0 Å². The molecule has 132 valence electrons. The van der Waals surface area contributed by atoms with E-state index in [0.717, 1.165) is 19.0 Å². The van der Waals surface area contributed by atoms with Crippen LogP contribution in [0, 0.1) is 0 Å². The number of nitrogens with zero attached hydrogens (tertiary/aromatic N) is 2. The van der Waals surface area contributed by atoms with Crippen LogP contribution in [0.15, 0.2) is 4.99 Å². The quantitative estimate of drug-likeness (QED) is 0.535. The van der Waals surface area contributed by atoms with Gasteiger partial charge in [-0.3, -0.25) is 14.7 Å². The molecule has 0 aromatic carbocycles. The lowest BCUT2D eigenvalue weighted by molar-refractivity contribution is -0.121. The maximum Gasteiger partial charge on any atom is 0.239 e. The second-order valence-electron chi connectivity index (χ2n) is 7.79. The molecule has 0 bridgehead atoms. The highest BCUT2D eigenvalue weighted by Gasteiger charge is 2.30. The first-order valence-electron chi connectivity index (χ1n) is 8.89. The average molecular weight is 323 g/mol. The predicted molar refractivity (Wildman–Crippen MR) is 94.6 cm³/mol. The van der Waals surface area contributed by atoms with Crippen LogP contribution in [0.5, 0.6) is 0 Å². The normalized spacial score (nSPS) is 24.0. The highest BCUT2D eigenvalue weighted by atomic mass is 16.2. The van der Waals surface area contributed by atoms with Gasteiger partial charge in [0.15, 0.2) is 5.96 Å². The summed E-state index contributed by atoms with van der Waals surface area (Å²) in [6, 6.07) is 1.21. The van der Waals surface area contributed by atoms with Crippen molar-refractivity contribution in [3.63, 3.8) is 0 Å². The molecule has 2 rings (SSSR count). The molecule has 2 fully saturated rings. The Hall–Kier alpha value is -1.30. The zero-order valence-electron chi connectivity index (χ0n) is 15.1. The van der Waals surface area contributed by atoms with Crippen LogP contribution in [-0.4, -0.2) is 61.1 Å². The second kappa shape index (κ2) is 7.99. The van der Waals surface area contributed by atoms with Crippen LogP contribution >= 0.6 is 0 Å². The van der Waals surface area contributed by atoms with Gasteiger partial charge in [-0.1, -0.05) is 12.8 Å². The van der Waals surface area contributed by atoms with E-state index < -0.39 is 0 Å². The summed E-state index contributed by atoms with van der Waals surface area (Å²) in [4.78, 5) is 18.7. The number of nitrogens with one attached hydrogen (secondary N) is 3. The molecule has 0 aromatic rings. The molecule has 23 heavy (non-hydrogen) atoms. The number of carbonyl (C=O) groups is 1. The zero-order valence-corrected chi connectivity index (χ0v) is 15.1. The molecule has 0 radical (unpaired) electrons. The van der Waals surface area contributed by atoms with Crippen molar-refractivity contribution >= 4 is 11.9 Å². The number of carbonyl (C=O) groups excluding carboxylic acids is 1.